The Morgan fingerprint density at radius 3 is 1.96 bits per heavy atom. The van der Waals surface area contributed by atoms with E-state index in [-0.39, 0.29) is 58.4 Å². The van der Waals surface area contributed by atoms with Gasteiger partial charge in [-0.05, 0) is 48.4 Å². The first-order valence-electron chi connectivity index (χ1n) is 15.0. The summed E-state index contributed by atoms with van der Waals surface area (Å²) in [5.74, 6) is 0.271. The maximum Gasteiger partial charge on any atom is 0.263 e. The Kier molecular flexibility index (Phi) is 17.2. The zero-order valence-corrected chi connectivity index (χ0v) is 29.1. The molecule has 12 nitrogen and oxygen atoms in total. The third-order valence-corrected chi connectivity index (χ3v) is 6.83. The van der Waals surface area contributed by atoms with Gasteiger partial charge in [0.2, 0.25) is 11.6 Å². The molecule has 2 aromatic heterocycles. The number of hydrogen-bond acceptors (Lipinski definition) is 11. The van der Waals surface area contributed by atoms with Crippen LogP contribution in [0.4, 0.5) is 5.82 Å². The minimum Gasteiger partial charge on any atom is -0.493 e. The zero-order valence-electron chi connectivity index (χ0n) is 28.2. The summed E-state index contributed by atoms with van der Waals surface area (Å²) in [6, 6.07) is 15.0. The molecule has 0 unspecified atom stereocenters. The quantitative estimate of drug-likeness (QED) is 0.177. The summed E-state index contributed by atoms with van der Waals surface area (Å²) in [6.07, 6.45) is 4.25. The van der Waals surface area contributed by atoms with E-state index in [9.17, 15) is 13.5 Å². The van der Waals surface area contributed by atoms with Crippen molar-refractivity contribution in [3.05, 3.63) is 72.6 Å². The van der Waals surface area contributed by atoms with Gasteiger partial charge in [-0.3, -0.25) is 4.72 Å². The molecule has 0 fully saturated rings. The van der Waals surface area contributed by atoms with Crippen LogP contribution in [0.3, 0.4) is 0 Å². The van der Waals surface area contributed by atoms with E-state index in [1.165, 1.54) is 45.1 Å². The van der Waals surface area contributed by atoms with E-state index < -0.39 is 10.0 Å². The molecule has 0 radical (unpaired) electrons. The first kappa shape index (κ1) is 39.7. The van der Waals surface area contributed by atoms with Gasteiger partial charge in [0.15, 0.2) is 23.1 Å². The van der Waals surface area contributed by atoms with Crippen molar-refractivity contribution in [3.63, 3.8) is 0 Å². The molecule has 0 spiro atoms. The molecule has 0 aliphatic carbocycles. The fraction of sp³-hybridized carbons (Fsp3) is 0.394. The van der Waals surface area contributed by atoms with Crippen molar-refractivity contribution in [2.45, 2.75) is 65.2 Å². The summed E-state index contributed by atoms with van der Waals surface area (Å²) in [5, 5.41) is 9.40. The normalized spacial score (nSPS) is 10.5. The number of ether oxygens (including phenoxy) is 3. The molecule has 4 N–H and O–H groups in total. The van der Waals surface area contributed by atoms with Crippen molar-refractivity contribution in [1.82, 2.24) is 19.9 Å². The van der Waals surface area contributed by atoms with E-state index in [4.69, 9.17) is 14.2 Å². The maximum atomic E-state index is 13.5. The van der Waals surface area contributed by atoms with E-state index in [1.54, 1.807) is 42.5 Å². The van der Waals surface area contributed by atoms with Gasteiger partial charge in [-0.1, -0.05) is 79.2 Å². The first-order chi connectivity index (χ1) is 22.0. The van der Waals surface area contributed by atoms with Crippen molar-refractivity contribution >= 4 is 15.8 Å². The molecule has 0 bridgehead atoms. The number of benzene rings is 2. The predicted octanol–water partition coefficient (Wildman–Crippen LogP) is 6.22. The van der Waals surface area contributed by atoms with Crippen LogP contribution in [0.5, 0.6) is 23.1 Å². The molecule has 4 aromatic rings. The monoisotopic (exact) mass is 656 g/mol. The Morgan fingerprint density at radius 1 is 0.870 bits per heavy atom. The van der Waals surface area contributed by atoms with Gasteiger partial charge in [0.25, 0.3) is 15.9 Å². The predicted molar refractivity (Wildman–Crippen MR) is 182 cm³/mol. The number of aliphatic hydroxyl groups is 1. The number of aromatic nitrogens is 4. The van der Waals surface area contributed by atoms with Crippen molar-refractivity contribution in [1.29, 1.82) is 0 Å². The number of aliphatic hydroxyl groups excluding tert-OH is 1. The highest BCUT2D eigenvalue weighted by Crippen LogP contribution is 2.41. The topological polar surface area (TPSA) is 172 Å². The number of nitrogens with one attached hydrogen (secondary N) is 1. The molecule has 252 valence electrons. The summed E-state index contributed by atoms with van der Waals surface area (Å²) in [6.45, 7) is 13.9. The van der Waals surface area contributed by atoms with E-state index in [0.717, 1.165) is 5.56 Å². The van der Waals surface area contributed by atoms with Crippen LogP contribution in [-0.2, 0) is 15.4 Å². The van der Waals surface area contributed by atoms with Gasteiger partial charge in [0, 0.05) is 12.4 Å². The lowest BCUT2D eigenvalue weighted by Gasteiger charge is -2.20. The molecular weight excluding hydrogens is 608 g/mol. The molecule has 0 aliphatic heterocycles. The van der Waals surface area contributed by atoms with Gasteiger partial charge >= 0.3 is 0 Å². The number of hydrogen-bond donors (Lipinski definition) is 3. The van der Waals surface area contributed by atoms with Crippen LogP contribution < -0.4 is 24.7 Å². The third-order valence-electron chi connectivity index (χ3n) is 5.47. The molecule has 13 heteroatoms. The van der Waals surface area contributed by atoms with Crippen molar-refractivity contribution in [3.8, 4) is 34.8 Å². The van der Waals surface area contributed by atoms with Crippen LogP contribution in [0, 0.1) is 0 Å². The molecule has 2 aromatic carbocycles. The van der Waals surface area contributed by atoms with E-state index in [0.29, 0.717) is 5.75 Å². The number of sulfonamides is 1. The maximum absolute atomic E-state index is 13.5. The van der Waals surface area contributed by atoms with Gasteiger partial charge in [-0.2, -0.15) is 4.98 Å². The van der Waals surface area contributed by atoms with Crippen molar-refractivity contribution in [2.75, 3.05) is 32.1 Å². The van der Waals surface area contributed by atoms with E-state index in [1.807, 2.05) is 34.6 Å². The summed E-state index contributed by atoms with van der Waals surface area (Å²) in [4.78, 5) is 17.1. The molecule has 0 atom stereocenters. The zero-order chi connectivity index (χ0) is 34.8. The summed E-state index contributed by atoms with van der Waals surface area (Å²) < 4.78 is 46.6. The van der Waals surface area contributed by atoms with Crippen LogP contribution in [0.1, 0.15) is 60.5 Å². The van der Waals surface area contributed by atoms with Gasteiger partial charge < -0.3 is 25.1 Å². The number of methoxy groups -OCH3 is 1. The van der Waals surface area contributed by atoms with Crippen LogP contribution >= 0.6 is 0 Å². The average Bonchev–Trinajstić information content (AvgIpc) is 3.07. The van der Waals surface area contributed by atoms with Gasteiger partial charge in [-0.15, -0.1) is 0 Å². The second kappa shape index (κ2) is 19.9. The minimum absolute atomic E-state index is 0.0169. The Labute approximate surface area is 273 Å². The standard InChI is InChI=1S/C27H29N5O6S.C3H8.C2H6.CH5N/c1-27(2,3)18-10-12-19(13-11-18)39(34,35)32-23-22(38-21-9-6-5-8-20(21)36-4)26(37-17-16-33)31-25(30-23)24-28-14-7-15-29-24;1-3-2;2*1-2/h5-15,33H,16-17H2,1-4H3,(H,30,31,32);3H2,1-2H3;1-2H3;2H2,1H3. The lowest BCUT2D eigenvalue weighted by Crippen LogP contribution is -2.17. The molecule has 0 saturated carbocycles. The number of nitrogens with two attached hydrogens (primary N) is 1. The molecule has 0 aliphatic rings. The molecular formula is C33H48N6O6S. The van der Waals surface area contributed by atoms with E-state index >= 15 is 0 Å². The first-order valence-corrected chi connectivity index (χ1v) is 16.5. The highest BCUT2D eigenvalue weighted by molar-refractivity contribution is 7.92. The van der Waals surface area contributed by atoms with Crippen LogP contribution in [0.2, 0.25) is 0 Å². The van der Waals surface area contributed by atoms with Gasteiger partial charge in [0.05, 0.1) is 18.6 Å². The average molecular weight is 657 g/mol. The third kappa shape index (κ3) is 11.5. The number of anilines is 1. The Hall–Kier alpha value is -4.33. The minimum atomic E-state index is -4.14. The van der Waals surface area contributed by atoms with Crippen LogP contribution in [0.15, 0.2) is 71.9 Å². The summed E-state index contributed by atoms with van der Waals surface area (Å²) in [5.41, 5.74) is 5.33. The smallest absolute Gasteiger partial charge is 0.263 e. The Balaban J connectivity index is 0.00000140. The highest BCUT2D eigenvalue weighted by Gasteiger charge is 2.26. The molecule has 2 heterocycles. The van der Waals surface area contributed by atoms with Crippen LogP contribution in [-0.4, -0.2) is 60.8 Å². The van der Waals surface area contributed by atoms with Crippen molar-refractivity contribution < 1.29 is 27.7 Å². The Morgan fingerprint density at radius 2 is 1.43 bits per heavy atom. The van der Waals surface area contributed by atoms with Gasteiger partial charge in [-0.25, -0.2) is 23.4 Å². The Bertz CT molecular complexity index is 1550. The number of rotatable bonds is 10. The second-order valence-electron chi connectivity index (χ2n) is 10.0. The molecule has 0 saturated heterocycles. The van der Waals surface area contributed by atoms with Crippen molar-refractivity contribution in [2.24, 2.45) is 5.73 Å². The molecule has 4 rings (SSSR count). The number of nitrogens with zero attached hydrogens (tertiary/aromatic N) is 4. The fourth-order valence-electron chi connectivity index (χ4n) is 3.48. The lowest BCUT2D eigenvalue weighted by molar-refractivity contribution is 0.192. The second-order valence-corrected chi connectivity index (χ2v) is 11.7. The molecule has 0 amide bonds. The largest absolute Gasteiger partial charge is 0.493 e. The lowest BCUT2D eigenvalue weighted by atomic mass is 9.87. The van der Waals surface area contributed by atoms with Crippen LogP contribution in [0.25, 0.3) is 11.6 Å². The fourth-order valence-corrected chi connectivity index (χ4v) is 4.48. The van der Waals surface area contributed by atoms with Gasteiger partial charge in [0.1, 0.15) is 6.61 Å². The van der Waals surface area contributed by atoms with E-state index in [2.05, 4.69) is 44.2 Å². The summed E-state index contributed by atoms with van der Waals surface area (Å²) in [7, 11) is -1.16. The number of para-hydroxylation sites is 2. The highest BCUT2D eigenvalue weighted by atomic mass is 32.2. The summed E-state index contributed by atoms with van der Waals surface area (Å²) >= 11 is 0. The molecule has 46 heavy (non-hydrogen) atoms. The SMILES string of the molecule is CC.CCC.CN.COc1ccccc1Oc1c(NS(=O)(=O)c2ccc(C(C)(C)C)cc2)nc(-c2ncccn2)nc1OCCO.